The molecule has 1 aliphatic heterocycles. The van der Waals surface area contributed by atoms with E-state index in [1.54, 1.807) is 17.7 Å². The zero-order valence-corrected chi connectivity index (χ0v) is 6.42. The highest BCUT2D eigenvalue weighted by atomic mass is 16.1. The average Bonchev–Trinajstić information content (AvgIpc) is 2.36. The van der Waals surface area contributed by atoms with E-state index < -0.39 is 0 Å². The first kappa shape index (κ1) is 6.46. The molecule has 0 aromatic carbocycles. The number of anilines is 1. The molecule has 0 amide bonds. The predicted octanol–water partition coefficient (Wildman–Crippen LogP) is 0.353. The van der Waals surface area contributed by atoms with Crippen LogP contribution in [0.4, 0.5) is 5.69 Å². The van der Waals surface area contributed by atoms with E-state index in [0.29, 0.717) is 0 Å². The fourth-order valence-corrected chi connectivity index (χ4v) is 1.37. The molecule has 0 spiro atoms. The number of nitrogens with zero attached hydrogens (tertiary/aromatic N) is 1. The van der Waals surface area contributed by atoms with E-state index >= 15 is 0 Å². The Kier molecular flexibility index (Phi) is 1.24. The van der Waals surface area contributed by atoms with Crippen molar-refractivity contribution < 1.29 is 0 Å². The molecule has 1 N–H and O–H groups in total. The lowest BCUT2D eigenvalue weighted by Gasteiger charge is -2.01. The summed E-state index contributed by atoms with van der Waals surface area (Å²) in [6.45, 7) is 0.957. The van der Waals surface area contributed by atoms with Crippen LogP contribution >= 0.6 is 0 Å². The van der Waals surface area contributed by atoms with Crippen molar-refractivity contribution in [2.24, 2.45) is 7.05 Å². The van der Waals surface area contributed by atoms with Gasteiger partial charge in [0.2, 0.25) is 0 Å². The molecule has 0 fully saturated rings. The Morgan fingerprint density at radius 3 is 3.27 bits per heavy atom. The number of aryl methyl sites for hydroxylation is 1. The summed E-state index contributed by atoms with van der Waals surface area (Å²) in [5.41, 5.74) is 2.33. The Morgan fingerprint density at radius 1 is 1.64 bits per heavy atom. The molecule has 0 saturated heterocycles. The fourth-order valence-electron chi connectivity index (χ4n) is 1.37. The minimum Gasteiger partial charge on any atom is -0.383 e. The SMILES string of the molecule is Cn1cc2c(cc1=O)CCN2. The van der Waals surface area contributed by atoms with Gasteiger partial charge >= 0.3 is 0 Å². The number of hydrogen-bond acceptors (Lipinski definition) is 2. The Hall–Kier alpha value is -1.25. The fraction of sp³-hybridized carbons (Fsp3) is 0.375. The van der Waals surface area contributed by atoms with Crippen LogP contribution in [0.1, 0.15) is 5.56 Å². The van der Waals surface area contributed by atoms with E-state index in [1.807, 2.05) is 6.20 Å². The van der Waals surface area contributed by atoms with E-state index in [2.05, 4.69) is 5.32 Å². The molecule has 0 atom stereocenters. The van der Waals surface area contributed by atoms with Gasteiger partial charge in [0.25, 0.3) is 5.56 Å². The summed E-state index contributed by atoms with van der Waals surface area (Å²) in [6.07, 6.45) is 2.83. The van der Waals surface area contributed by atoms with Gasteiger partial charge in [-0.3, -0.25) is 4.79 Å². The second-order valence-corrected chi connectivity index (χ2v) is 2.84. The largest absolute Gasteiger partial charge is 0.383 e. The molecule has 58 valence electrons. The van der Waals surface area contributed by atoms with Crippen LogP contribution in [0.5, 0.6) is 0 Å². The second-order valence-electron chi connectivity index (χ2n) is 2.84. The summed E-state index contributed by atoms with van der Waals surface area (Å²) < 4.78 is 1.59. The molecule has 11 heavy (non-hydrogen) atoms. The minimum absolute atomic E-state index is 0.0763. The summed E-state index contributed by atoms with van der Waals surface area (Å²) in [6, 6.07) is 1.70. The van der Waals surface area contributed by atoms with Crippen LogP contribution in [0.3, 0.4) is 0 Å². The summed E-state index contributed by atoms with van der Waals surface area (Å²) >= 11 is 0. The molecule has 0 aliphatic carbocycles. The first-order chi connectivity index (χ1) is 5.27. The molecule has 0 radical (unpaired) electrons. The molecule has 1 aromatic rings. The lowest BCUT2D eigenvalue weighted by Crippen LogP contribution is -2.15. The number of fused-ring (bicyclic) bond motifs is 1. The highest BCUT2D eigenvalue weighted by Gasteiger charge is 2.10. The van der Waals surface area contributed by atoms with E-state index in [9.17, 15) is 4.79 Å². The average molecular weight is 150 g/mol. The molecule has 2 heterocycles. The standard InChI is InChI=1S/C8H10N2O/c1-10-5-7-6(2-3-9-7)4-8(10)11/h4-5,9H,2-3H2,1H3. The maximum Gasteiger partial charge on any atom is 0.250 e. The lowest BCUT2D eigenvalue weighted by atomic mass is 10.2. The van der Waals surface area contributed by atoms with Gasteiger partial charge < -0.3 is 9.88 Å². The molecule has 3 nitrogen and oxygen atoms in total. The van der Waals surface area contributed by atoms with Gasteiger partial charge in [-0.2, -0.15) is 0 Å². The van der Waals surface area contributed by atoms with Gasteiger partial charge in [-0.05, 0) is 12.0 Å². The van der Waals surface area contributed by atoms with Crippen LogP contribution in [0, 0.1) is 0 Å². The summed E-state index contributed by atoms with van der Waals surface area (Å²) in [5, 5.41) is 3.21. The number of rotatable bonds is 0. The zero-order chi connectivity index (χ0) is 7.84. The third-order valence-corrected chi connectivity index (χ3v) is 2.02. The number of aromatic nitrogens is 1. The highest BCUT2D eigenvalue weighted by Crippen LogP contribution is 2.18. The minimum atomic E-state index is 0.0763. The molecule has 1 aromatic heterocycles. The maximum atomic E-state index is 11.1. The highest BCUT2D eigenvalue weighted by molar-refractivity contribution is 5.53. The van der Waals surface area contributed by atoms with E-state index in [4.69, 9.17) is 0 Å². The zero-order valence-electron chi connectivity index (χ0n) is 6.42. The van der Waals surface area contributed by atoms with Crippen LogP contribution in [0.15, 0.2) is 17.1 Å². The molecule has 0 saturated carbocycles. The van der Waals surface area contributed by atoms with Crippen LogP contribution in [-0.2, 0) is 13.5 Å². The van der Waals surface area contributed by atoms with Crippen molar-refractivity contribution in [3.05, 3.63) is 28.2 Å². The van der Waals surface area contributed by atoms with Gasteiger partial charge in [0, 0.05) is 25.9 Å². The summed E-state index contributed by atoms with van der Waals surface area (Å²) in [7, 11) is 1.77. The van der Waals surface area contributed by atoms with Crippen molar-refractivity contribution in [2.75, 3.05) is 11.9 Å². The van der Waals surface area contributed by atoms with Crippen molar-refractivity contribution in [3.8, 4) is 0 Å². The molecule has 3 heteroatoms. The first-order valence-electron chi connectivity index (χ1n) is 3.71. The smallest absolute Gasteiger partial charge is 0.250 e. The normalized spacial score (nSPS) is 14.3. The Morgan fingerprint density at radius 2 is 2.45 bits per heavy atom. The monoisotopic (exact) mass is 150 g/mol. The van der Waals surface area contributed by atoms with Crippen LogP contribution in [0.25, 0.3) is 0 Å². The van der Waals surface area contributed by atoms with E-state index in [1.165, 1.54) is 0 Å². The third kappa shape index (κ3) is 0.926. The first-order valence-corrected chi connectivity index (χ1v) is 3.71. The quantitative estimate of drug-likeness (QED) is 0.579. The van der Waals surface area contributed by atoms with Gasteiger partial charge in [0.1, 0.15) is 0 Å². The molecule has 1 aliphatic rings. The number of pyridine rings is 1. The van der Waals surface area contributed by atoms with Crippen LogP contribution in [-0.4, -0.2) is 11.1 Å². The third-order valence-electron chi connectivity index (χ3n) is 2.02. The van der Waals surface area contributed by atoms with Crippen molar-refractivity contribution in [1.82, 2.24) is 4.57 Å². The summed E-state index contributed by atoms with van der Waals surface area (Å²) in [4.78, 5) is 11.1. The molecular formula is C8H10N2O. The van der Waals surface area contributed by atoms with E-state index in [0.717, 1.165) is 24.2 Å². The van der Waals surface area contributed by atoms with E-state index in [-0.39, 0.29) is 5.56 Å². The predicted molar refractivity (Wildman–Crippen MR) is 43.9 cm³/mol. The Balaban J connectivity index is 2.66. The molecule has 2 rings (SSSR count). The number of hydrogen-bond donors (Lipinski definition) is 1. The summed E-state index contributed by atoms with van der Waals surface area (Å²) in [5.74, 6) is 0. The van der Waals surface area contributed by atoms with Crippen molar-refractivity contribution in [2.45, 2.75) is 6.42 Å². The lowest BCUT2D eigenvalue weighted by molar-refractivity contribution is 0.859. The molecule has 0 unspecified atom stereocenters. The van der Waals surface area contributed by atoms with Crippen molar-refractivity contribution >= 4 is 5.69 Å². The van der Waals surface area contributed by atoms with Crippen LogP contribution in [0.2, 0.25) is 0 Å². The van der Waals surface area contributed by atoms with Gasteiger partial charge in [-0.15, -0.1) is 0 Å². The van der Waals surface area contributed by atoms with Gasteiger partial charge in [0.15, 0.2) is 0 Å². The molecular weight excluding hydrogens is 140 g/mol. The van der Waals surface area contributed by atoms with Crippen molar-refractivity contribution in [3.63, 3.8) is 0 Å². The number of nitrogens with one attached hydrogen (secondary N) is 1. The van der Waals surface area contributed by atoms with Gasteiger partial charge in [-0.1, -0.05) is 0 Å². The second kappa shape index (κ2) is 2.12. The Labute approximate surface area is 64.7 Å². The Bertz CT molecular complexity index is 340. The maximum absolute atomic E-state index is 11.1. The van der Waals surface area contributed by atoms with Gasteiger partial charge in [0.05, 0.1) is 5.69 Å². The molecule has 0 bridgehead atoms. The topological polar surface area (TPSA) is 34.0 Å². The van der Waals surface area contributed by atoms with Crippen LogP contribution < -0.4 is 10.9 Å². The van der Waals surface area contributed by atoms with Gasteiger partial charge in [-0.25, -0.2) is 0 Å². The van der Waals surface area contributed by atoms with Crippen molar-refractivity contribution in [1.29, 1.82) is 0 Å².